The number of rotatable bonds is 4. The summed E-state index contributed by atoms with van der Waals surface area (Å²) in [6, 6.07) is 13.9. The molecule has 3 rings (SSSR count). The van der Waals surface area contributed by atoms with Gasteiger partial charge in [0.2, 0.25) is 0 Å². The highest BCUT2D eigenvalue weighted by atomic mass is 19.1. The predicted octanol–water partition coefficient (Wildman–Crippen LogP) is 3.58. The molecule has 2 aromatic carbocycles. The zero-order valence-corrected chi connectivity index (χ0v) is 13.3. The molecule has 1 aromatic heterocycles. The molecule has 122 valence electrons. The lowest BCUT2D eigenvalue weighted by Crippen LogP contribution is -2.14. The number of aryl methyl sites for hydroxylation is 1. The van der Waals surface area contributed by atoms with Crippen LogP contribution in [0.3, 0.4) is 0 Å². The van der Waals surface area contributed by atoms with Crippen LogP contribution in [-0.2, 0) is 0 Å². The number of methoxy groups -OCH3 is 1. The van der Waals surface area contributed by atoms with Crippen molar-refractivity contribution in [1.82, 2.24) is 9.78 Å². The summed E-state index contributed by atoms with van der Waals surface area (Å²) in [4.78, 5) is 12.4. The van der Waals surface area contributed by atoms with E-state index in [1.54, 1.807) is 29.9 Å². The van der Waals surface area contributed by atoms with E-state index in [0.717, 1.165) is 5.69 Å². The molecule has 6 heteroatoms. The molecule has 0 radical (unpaired) electrons. The summed E-state index contributed by atoms with van der Waals surface area (Å²) in [5, 5.41) is 6.90. The van der Waals surface area contributed by atoms with Crippen molar-refractivity contribution in [3.05, 3.63) is 71.8 Å². The highest BCUT2D eigenvalue weighted by Crippen LogP contribution is 2.21. The molecule has 0 aliphatic heterocycles. The van der Waals surface area contributed by atoms with Crippen LogP contribution in [0.25, 0.3) is 5.69 Å². The number of para-hydroxylation sites is 1. The molecule has 0 atom stereocenters. The van der Waals surface area contributed by atoms with E-state index in [-0.39, 0.29) is 11.5 Å². The van der Waals surface area contributed by atoms with E-state index in [4.69, 9.17) is 4.74 Å². The molecule has 24 heavy (non-hydrogen) atoms. The highest BCUT2D eigenvalue weighted by molar-refractivity contribution is 6.04. The highest BCUT2D eigenvalue weighted by Gasteiger charge is 2.18. The fourth-order valence-electron chi connectivity index (χ4n) is 2.24. The van der Waals surface area contributed by atoms with Gasteiger partial charge >= 0.3 is 0 Å². The molecule has 5 nitrogen and oxygen atoms in total. The third kappa shape index (κ3) is 3.12. The van der Waals surface area contributed by atoms with E-state index in [0.29, 0.717) is 17.0 Å². The third-order valence-corrected chi connectivity index (χ3v) is 3.57. The standard InChI is InChI=1S/C18H16FN3O2/c1-12-8-9-13(10-15(12)19)20-18(23)17-16(24-2)11-22(21-17)14-6-4-3-5-7-14/h3-11H,1-2H3,(H,20,23). The summed E-state index contributed by atoms with van der Waals surface area (Å²) in [6.07, 6.45) is 1.62. The average Bonchev–Trinajstić information content (AvgIpc) is 3.03. The van der Waals surface area contributed by atoms with Gasteiger partial charge in [-0.1, -0.05) is 24.3 Å². The van der Waals surface area contributed by atoms with Crippen LogP contribution in [0.2, 0.25) is 0 Å². The van der Waals surface area contributed by atoms with Gasteiger partial charge in [0.1, 0.15) is 5.82 Å². The van der Waals surface area contributed by atoms with Gasteiger partial charge in [-0.15, -0.1) is 0 Å². The van der Waals surface area contributed by atoms with E-state index in [9.17, 15) is 9.18 Å². The molecule has 1 heterocycles. The van der Waals surface area contributed by atoms with E-state index in [2.05, 4.69) is 10.4 Å². The van der Waals surface area contributed by atoms with Gasteiger partial charge in [-0.3, -0.25) is 4.79 Å². The van der Waals surface area contributed by atoms with Crippen molar-refractivity contribution < 1.29 is 13.9 Å². The first kappa shape index (κ1) is 15.7. The Kier molecular flexibility index (Phi) is 4.29. The minimum absolute atomic E-state index is 0.127. The number of ether oxygens (including phenoxy) is 1. The molecule has 0 bridgehead atoms. The van der Waals surface area contributed by atoms with E-state index in [1.807, 2.05) is 30.3 Å². The largest absolute Gasteiger partial charge is 0.493 e. The normalized spacial score (nSPS) is 10.5. The van der Waals surface area contributed by atoms with Gasteiger partial charge in [0.15, 0.2) is 11.4 Å². The van der Waals surface area contributed by atoms with Crippen LogP contribution < -0.4 is 10.1 Å². The fourth-order valence-corrected chi connectivity index (χ4v) is 2.24. The number of anilines is 1. The SMILES string of the molecule is COc1cn(-c2ccccc2)nc1C(=O)Nc1ccc(C)c(F)c1. The zero-order chi connectivity index (χ0) is 17.1. The number of halogens is 1. The van der Waals surface area contributed by atoms with Crippen molar-refractivity contribution >= 4 is 11.6 Å². The van der Waals surface area contributed by atoms with Crippen LogP contribution >= 0.6 is 0 Å². The molecular weight excluding hydrogens is 309 g/mol. The lowest BCUT2D eigenvalue weighted by atomic mass is 10.2. The number of carbonyl (C=O) groups excluding carboxylic acids is 1. The van der Waals surface area contributed by atoms with Crippen LogP contribution in [-0.4, -0.2) is 22.8 Å². The topological polar surface area (TPSA) is 56.2 Å². The molecule has 0 spiro atoms. The van der Waals surface area contributed by atoms with Gasteiger partial charge in [0, 0.05) is 5.69 Å². The van der Waals surface area contributed by atoms with Crippen LogP contribution in [0.15, 0.2) is 54.7 Å². The second-order valence-corrected chi connectivity index (χ2v) is 5.24. The first-order valence-electron chi connectivity index (χ1n) is 7.35. The van der Waals surface area contributed by atoms with Crippen LogP contribution in [0.5, 0.6) is 5.75 Å². The van der Waals surface area contributed by atoms with Crippen molar-refractivity contribution in [2.24, 2.45) is 0 Å². The third-order valence-electron chi connectivity index (χ3n) is 3.57. The maximum Gasteiger partial charge on any atom is 0.280 e. The van der Waals surface area contributed by atoms with Crippen molar-refractivity contribution in [3.63, 3.8) is 0 Å². The summed E-state index contributed by atoms with van der Waals surface area (Å²) < 4.78 is 20.4. The molecular formula is C18H16FN3O2. The van der Waals surface area contributed by atoms with Gasteiger partial charge in [0.25, 0.3) is 5.91 Å². The van der Waals surface area contributed by atoms with Crippen molar-refractivity contribution in [2.75, 3.05) is 12.4 Å². The maximum atomic E-state index is 13.6. The van der Waals surface area contributed by atoms with Gasteiger partial charge in [-0.2, -0.15) is 5.10 Å². The Hall–Kier alpha value is -3.15. The Morgan fingerprint density at radius 1 is 1.21 bits per heavy atom. The Labute approximate surface area is 138 Å². The average molecular weight is 325 g/mol. The maximum absolute atomic E-state index is 13.6. The van der Waals surface area contributed by atoms with Crippen molar-refractivity contribution in [3.8, 4) is 11.4 Å². The summed E-state index contributed by atoms with van der Waals surface area (Å²) in [6.45, 7) is 1.66. The fraction of sp³-hybridized carbons (Fsp3) is 0.111. The molecule has 0 aliphatic carbocycles. The first-order valence-corrected chi connectivity index (χ1v) is 7.35. The predicted molar refractivity (Wildman–Crippen MR) is 89.2 cm³/mol. The van der Waals surface area contributed by atoms with E-state index in [1.165, 1.54) is 13.2 Å². The number of carbonyl (C=O) groups is 1. The smallest absolute Gasteiger partial charge is 0.280 e. The number of benzene rings is 2. The second kappa shape index (κ2) is 6.54. The number of nitrogens with zero attached hydrogens (tertiary/aromatic N) is 2. The Morgan fingerprint density at radius 2 is 1.96 bits per heavy atom. The number of hydrogen-bond acceptors (Lipinski definition) is 3. The van der Waals surface area contributed by atoms with Crippen LogP contribution in [0, 0.1) is 12.7 Å². The molecule has 0 saturated carbocycles. The second-order valence-electron chi connectivity index (χ2n) is 5.24. The van der Waals surface area contributed by atoms with Gasteiger partial charge in [-0.25, -0.2) is 9.07 Å². The number of aromatic nitrogens is 2. The minimum Gasteiger partial charge on any atom is -0.493 e. The Bertz CT molecular complexity index is 875. The minimum atomic E-state index is -0.468. The first-order chi connectivity index (χ1) is 11.6. The van der Waals surface area contributed by atoms with Crippen molar-refractivity contribution in [1.29, 1.82) is 0 Å². The number of nitrogens with one attached hydrogen (secondary N) is 1. The van der Waals surface area contributed by atoms with E-state index < -0.39 is 5.91 Å². The van der Waals surface area contributed by atoms with Crippen LogP contribution in [0.1, 0.15) is 16.1 Å². The van der Waals surface area contributed by atoms with Gasteiger partial charge in [0.05, 0.1) is 19.0 Å². The van der Waals surface area contributed by atoms with Gasteiger partial charge in [-0.05, 0) is 36.8 Å². The molecule has 3 aromatic rings. The lowest BCUT2D eigenvalue weighted by molar-refractivity contribution is 0.101. The Balaban J connectivity index is 1.89. The van der Waals surface area contributed by atoms with Crippen molar-refractivity contribution in [2.45, 2.75) is 6.92 Å². The quantitative estimate of drug-likeness (QED) is 0.797. The Morgan fingerprint density at radius 3 is 2.62 bits per heavy atom. The van der Waals surface area contributed by atoms with Crippen LogP contribution in [0.4, 0.5) is 10.1 Å². The number of hydrogen-bond donors (Lipinski definition) is 1. The molecule has 0 aliphatic rings. The summed E-state index contributed by atoms with van der Waals surface area (Å²) in [5.41, 5.74) is 1.80. The molecule has 0 saturated heterocycles. The molecule has 0 unspecified atom stereocenters. The molecule has 1 N–H and O–H groups in total. The number of amides is 1. The monoisotopic (exact) mass is 325 g/mol. The van der Waals surface area contributed by atoms with E-state index >= 15 is 0 Å². The molecule has 1 amide bonds. The molecule has 0 fully saturated rings. The lowest BCUT2D eigenvalue weighted by Gasteiger charge is -2.05. The summed E-state index contributed by atoms with van der Waals surface area (Å²) in [5.74, 6) is -0.511. The summed E-state index contributed by atoms with van der Waals surface area (Å²) in [7, 11) is 1.47. The van der Waals surface area contributed by atoms with Gasteiger partial charge < -0.3 is 10.1 Å². The zero-order valence-electron chi connectivity index (χ0n) is 13.3. The summed E-state index contributed by atoms with van der Waals surface area (Å²) >= 11 is 0.